The highest BCUT2D eigenvalue weighted by atomic mass is 16.7. The Morgan fingerprint density at radius 1 is 0.465 bits per heavy atom. The maximum absolute atomic E-state index is 13.1. The van der Waals surface area contributed by atoms with Gasteiger partial charge in [0, 0.05) is 6.42 Å². The van der Waals surface area contributed by atoms with Gasteiger partial charge in [-0.15, -0.1) is 0 Å². The molecule has 1 fully saturated rings. The number of amides is 1. The molecule has 0 aromatic carbocycles. The first-order chi connectivity index (χ1) is 34.8. The molecule has 0 aromatic heterocycles. The highest BCUT2D eigenvalue weighted by Crippen LogP contribution is 2.23. The van der Waals surface area contributed by atoms with Crippen LogP contribution in [-0.2, 0) is 14.3 Å². The lowest BCUT2D eigenvalue weighted by Gasteiger charge is -2.40. The van der Waals surface area contributed by atoms with Crippen molar-refractivity contribution in [3.8, 4) is 0 Å². The third-order valence-electron chi connectivity index (χ3n) is 14.4. The second-order valence-corrected chi connectivity index (χ2v) is 21.1. The average Bonchev–Trinajstić information content (AvgIpc) is 3.37. The fourth-order valence-corrected chi connectivity index (χ4v) is 9.54. The van der Waals surface area contributed by atoms with E-state index in [0.29, 0.717) is 6.42 Å². The van der Waals surface area contributed by atoms with Gasteiger partial charge in [0.15, 0.2) is 6.29 Å². The molecular formula is C62H115NO8. The van der Waals surface area contributed by atoms with Gasteiger partial charge in [0.25, 0.3) is 0 Å². The molecule has 1 amide bonds. The number of carbonyl (C=O) groups excluding carboxylic acids is 1. The Labute approximate surface area is 437 Å². The second-order valence-electron chi connectivity index (χ2n) is 21.1. The minimum atomic E-state index is -1.58. The number of unbranched alkanes of at least 4 members (excludes halogenated alkanes) is 36. The first kappa shape index (κ1) is 67.2. The summed E-state index contributed by atoms with van der Waals surface area (Å²) in [6.45, 7) is 3.79. The number of hydrogen-bond acceptors (Lipinski definition) is 8. The van der Waals surface area contributed by atoms with Gasteiger partial charge in [-0.05, 0) is 70.6 Å². The van der Waals surface area contributed by atoms with Crippen molar-refractivity contribution in [1.82, 2.24) is 5.32 Å². The minimum Gasteiger partial charge on any atom is -0.394 e. The Hall–Kier alpha value is -1.85. The van der Waals surface area contributed by atoms with Crippen LogP contribution in [-0.4, -0.2) is 87.5 Å². The molecule has 71 heavy (non-hydrogen) atoms. The summed E-state index contributed by atoms with van der Waals surface area (Å²) in [6, 6.07) is -0.832. The number of aliphatic hydroxyl groups excluding tert-OH is 5. The molecular weight excluding hydrogens is 887 g/mol. The maximum atomic E-state index is 13.1. The van der Waals surface area contributed by atoms with E-state index in [4.69, 9.17) is 9.47 Å². The van der Waals surface area contributed by atoms with Crippen LogP contribution in [0.1, 0.15) is 284 Å². The first-order valence-corrected chi connectivity index (χ1v) is 30.4. The molecule has 1 aliphatic heterocycles. The van der Waals surface area contributed by atoms with E-state index < -0.39 is 49.5 Å². The third kappa shape index (κ3) is 41.1. The van der Waals surface area contributed by atoms with Gasteiger partial charge in [-0.2, -0.15) is 0 Å². The molecule has 6 N–H and O–H groups in total. The average molecular weight is 1000 g/mol. The summed E-state index contributed by atoms with van der Waals surface area (Å²) >= 11 is 0. The summed E-state index contributed by atoms with van der Waals surface area (Å²) in [5.41, 5.74) is 0. The van der Waals surface area contributed by atoms with Crippen LogP contribution in [0.5, 0.6) is 0 Å². The van der Waals surface area contributed by atoms with Gasteiger partial charge in [-0.1, -0.05) is 255 Å². The lowest BCUT2D eigenvalue weighted by atomic mass is 9.99. The number of nitrogens with one attached hydrogen (secondary N) is 1. The van der Waals surface area contributed by atoms with Crippen LogP contribution in [0.3, 0.4) is 0 Å². The van der Waals surface area contributed by atoms with Crippen molar-refractivity contribution in [3.05, 3.63) is 48.6 Å². The van der Waals surface area contributed by atoms with Crippen LogP contribution < -0.4 is 5.32 Å². The molecule has 1 saturated heterocycles. The Bertz CT molecular complexity index is 1250. The van der Waals surface area contributed by atoms with E-state index in [0.717, 1.165) is 57.8 Å². The fourth-order valence-electron chi connectivity index (χ4n) is 9.54. The van der Waals surface area contributed by atoms with Gasteiger partial charge in [0.05, 0.1) is 25.4 Å². The van der Waals surface area contributed by atoms with Gasteiger partial charge in [0.1, 0.15) is 24.4 Å². The summed E-state index contributed by atoms with van der Waals surface area (Å²) in [5, 5.41) is 54.5. The SMILES string of the molecule is CCCCCCCCCCCCCC/C=C\CCCCCCCCCC(=O)NC(COC1OC(CO)C(O)C(O)C1O)C(O)/C=C/CC/C=C/CC/C=C/CCCCCCCCCCCCCCCCC. The number of aliphatic hydroxyl groups is 5. The zero-order valence-corrected chi connectivity index (χ0v) is 46.2. The smallest absolute Gasteiger partial charge is 0.220 e. The van der Waals surface area contributed by atoms with E-state index in [2.05, 4.69) is 55.6 Å². The van der Waals surface area contributed by atoms with E-state index in [1.807, 2.05) is 6.08 Å². The Kier molecular flexibility index (Phi) is 48.8. The molecule has 0 saturated carbocycles. The molecule has 0 radical (unpaired) electrons. The van der Waals surface area contributed by atoms with Gasteiger partial charge < -0.3 is 40.3 Å². The van der Waals surface area contributed by atoms with Crippen LogP contribution in [0, 0.1) is 0 Å². The number of rotatable bonds is 52. The summed E-state index contributed by atoms with van der Waals surface area (Å²) in [6.07, 6.45) is 61.9. The fraction of sp³-hybridized carbons (Fsp3) is 0.855. The predicted octanol–water partition coefficient (Wildman–Crippen LogP) is 15.3. The van der Waals surface area contributed by atoms with Crippen molar-refractivity contribution in [2.45, 2.75) is 326 Å². The predicted molar refractivity (Wildman–Crippen MR) is 299 cm³/mol. The largest absolute Gasteiger partial charge is 0.394 e. The maximum Gasteiger partial charge on any atom is 0.220 e. The number of ether oxygens (including phenoxy) is 2. The van der Waals surface area contributed by atoms with Gasteiger partial charge in [-0.25, -0.2) is 0 Å². The van der Waals surface area contributed by atoms with Crippen molar-refractivity contribution in [2.75, 3.05) is 13.2 Å². The van der Waals surface area contributed by atoms with Crippen molar-refractivity contribution in [1.29, 1.82) is 0 Å². The Morgan fingerprint density at radius 3 is 1.18 bits per heavy atom. The monoisotopic (exact) mass is 1000 g/mol. The Morgan fingerprint density at radius 2 is 0.803 bits per heavy atom. The van der Waals surface area contributed by atoms with Crippen LogP contribution in [0.15, 0.2) is 48.6 Å². The summed E-state index contributed by atoms with van der Waals surface area (Å²) in [7, 11) is 0. The molecule has 0 aromatic rings. The van der Waals surface area contributed by atoms with E-state index >= 15 is 0 Å². The number of allylic oxidation sites excluding steroid dienone is 7. The van der Waals surface area contributed by atoms with Gasteiger partial charge in [0.2, 0.25) is 5.91 Å². The first-order valence-electron chi connectivity index (χ1n) is 30.4. The van der Waals surface area contributed by atoms with Crippen molar-refractivity contribution >= 4 is 5.91 Å². The minimum absolute atomic E-state index is 0.193. The van der Waals surface area contributed by atoms with E-state index in [-0.39, 0.29) is 12.5 Å². The van der Waals surface area contributed by atoms with Crippen LogP contribution in [0.4, 0.5) is 0 Å². The highest BCUT2D eigenvalue weighted by molar-refractivity contribution is 5.76. The highest BCUT2D eigenvalue weighted by Gasteiger charge is 2.44. The second kappa shape index (κ2) is 51.6. The Balaban J connectivity index is 2.25. The molecule has 9 nitrogen and oxygen atoms in total. The van der Waals surface area contributed by atoms with Crippen molar-refractivity contribution in [3.63, 3.8) is 0 Å². The van der Waals surface area contributed by atoms with Crippen molar-refractivity contribution < 1.29 is 39.8 Å². The van der Waals surface area contributed by atoms with E-state index in [1.165, 1.54) is 205 Å². The standard InChI is InChI=1S/C62H115NO8/c1-3-5-7-9-11-13-15-17-19-21-23-25-27-28-30-31-33-35-37-39-41-43-45-47-49-51-56(65)55(54-70-62-61(69)60(68)59(67)57(53-64)71-62)63-58(66)52-50-48-46-44-42-40-38-36-34-32-29-26-24-22-20-18-16-14-12-10-8-6-4-2/h32-35,41,43,49,51,55-57,59-62,64-65,67-69H,3-31,36-40,42,44-48,50,52-54H2,1-2H3,(H,63,66)/b34-32-,35-33+,43-41+,51-49+. The topological polar surface area (TPSA) is 149 Å². The quantitative estimate of drug-likeness (QED) is 0.0261. The van der Waals surface area contributed by atoms with E-state index in [1.54, 1.807) is 6.08 Å². The van der Waals surface area contributed by atoms with Gasteiger partial charge in [-0.3, -0.25) is 4.79 Å². The lowest BCUT2D eigenvalue weighted by molar-refractivity contribution is -0.302. The lowest BCUT2D eigenvalue weighted by Crippen LogP contribution is -2.60. The summed E-state index contributed by atoms with van der Waals surface area (Å²) in [5.74, 6) is -0.193. The zero-order chi connectivity index (χ0) is 51.5. The molecule has 0 spiro atoms. The van der Waals surface area contributed by atoms with Crippen LogP contribution in [0.2, 0.25) is 0 Å². The molecule has 1 rings (SSSR count). The molecule has 7 atom stereocenters. The normalized spacial score (nSPS) is 19.6. The molecule has 1 heterocycles. The molecule has 0 aliphatic carbocycles. The van der Waals surface area contributed by atoms with E-state index in [9.17, 15) is 30.3 Å². The van der Waals surface area contributed by atoms with Gasteiger partial charge >= 0.3 is 0 Å². The molecule has 7 unspecified atom stereocenters. The molecule has 0 bridgehead atoms. The molecule has 9 heteroatoms. The third-order valence-corrected chi connectivity index (χ3v) is 14.4. The summed E-state index contributed by atoms with van der Waals surface area (Å²) < 4.78 is 11.3. The van der Waals surface area contributed by atoms with Crippen molar-refractivity contribution in [2.24, 2.45) is 0 Å². The number of hydrogen-bond donors (Lipinski definition) is 6. The molecule has 416 valence electrons. The van der Waals surface area contributed by atoms with Crippen LogP contribution >= 0.6 is 0 Å². The molecule has 1 aliphatic rings. The summed E-state index contributed by atoms with van der Waals surface area (Å²) in [4.78, 5) is 13.1. The van der Waals surface area contributed by atoms with Crippen LogP contribution in [0.25, 0.3) is 0 Å². The zero-order valence-electron chi connectivity index (χ0n) is 46.2. The number of carbonyl (C=O) groups is 1.